The van der Waals surface area contributed by atoms with E-state index in [1.165, 1.54) is 74.9 Å². The summed E-state index contributed by atoms with van der Waals surface area (Å²) in [6, 6.07) is 13.8. The second kappa shape index (κ2) is 9.80. The van der Waals surface area contributed by atoms with Crippen molar-refractivity contribution in [2.45, 2.75) is 12.8 Å². The lowest BCUT2D eigenvalue weighted by molar-refractivity contribution is -0.152. The Hall–Kier alpha value is -4.22. The van der Waals surface area contributed by atoms with Gasteiger partial charge in [0, 0.05) is 6.07 Å². The van der Waals surface area contributed by atoms with Crippen LogP contribution in [-0.4, -0.2) is 19.4 Å². The fourth-order valence-electron chi connectivity index (χ4n) is 3.60. The molecule has 0 spiro atoms. The van der Waals surface area contributed by atoms with Crippen LogP contribution in [0, 0.1) is 5.21 Å². The molecule has 0 atom stereocenters. The van der Waals surface area contributed by atoms with E-state index in [4.69, 9.17) is 23.8 Å². The number of hydrogen-bond acceptors (Lipinski definition) is 8. The molecule has 4 aromatic rings. The van der Waals surface area contributed by atoms with Gasteiger partial charge >= 0.3 is 6.18 Å². The predicted molar refractivity (Wildman–Crippen MR) is 124 cm³/mol. The summed E-state index contributed by atoms with van der Waals surface area (Å²) in [5.41, 5.74) is -1.21. The van der Waals surface area contributed by atoms with Crippen molar-refractivity contribution in [1.82, 2.24) is 0 Å². The lowest BCUT2D eigenvalue weighted by Gasteiger charge is -2.21. The van der Waals surface area contributed by atoms with Crippen LogP contribution in [0.2, 0.25) is 0 Å². The van der Waals surface area contributed by atoms with Gasteiger partial charge in [-0.3, -0.25) is 10.0 Å². The molecule has 0 unspecified atom stereocenters. The van der Waals surface area contributed by atoms with Crippen LogP contribution in [0.1, 0.15) is 11.3 Å². The molecule has 3 aromatic carbocycles. The molecule has 1 heterocycles. The van der Waals surface area contributed by atoms with E-state index in [0.29, 0.717) is 5.56 Å². The molecule has 0 fully saturated rings. The maximum Gasteiger partial charge on any atom is 0.450 e. The molecule has 8 nitrogen and oxygen atoms in total. The van der Waals surface area contributed by atoms with E-state index in [9.17, 15) is 23.2 Å². The molecule has 11 heteroatoms. The van der Waals surface area contributed by atoms with Gasteiger partial charge in [0.2, 0.25) is 11.2 Å². The third-order valence-corrected chi connectivity index (χ3v) is 5.36. The first-order valence-electron chi connectivity index (χ1n) is 10.4. The fourth-order valence-corrected chi connectivity index (χ4v) is 3.60. The van der Waals surface area contributed by atoms with Crippen LogP contribution in [0.4, 0.5) is 18.9 Å². The van der Waals surface area contributed by atoms with Crippen molar-refractivity contribution in [3.63, 3.8) is 0 Å². The van der Waals surface area contributed by atoms with Gasteiger partial charge in [-0.25, -0.2) is 0 Å². The first kappa shape index (κ1) is 24.9. The second-order valence-electron chi connectivity index (χ2n) is 7.59. The highest BCUT2D eigenvalue weighted by Gasteiger charge is 2.39. The molecule has 0 radical (unpaired) electrons. The van der Waals surface area contributed by atoms with Gasteiger partial charge in [0.15, 0.2) is 11.5 Å². The summed E-state index contributed by atoms with van der Waals surface area (Å²) >= 11 is 0. The second-order valence-corrected chi connectivity index (χ2v) is 7.59. The molecule has 0 aliphatic heterocycles. The van der Waals surface area contributed by atoms with E-state index in [2.05, 4.69) is 0 Å². The summed E-state index contributed by atoms with van der Waals surface area (Å²) in [4.78, 5) is 13.2. The van der Waals surface area contributed by atoms with Crippen molar-refractivity contribution in [3.8, 4) is 28.4 Å². The van der Waals surface area contributed by atoms with Crippen molar-refractivity contribution in [1.29, 1.82) is 0 Å². The number of nitrogens with zero attached hydrogens (tertiary/aromatic N) is 1. The minimum Gasteiger partial charge on any atom is -0.733 e. The Balaban J connectivity index is 1.74. The molecule has 4 rings (SSSR count). The lowest BCUT2D eigenvalue weighted by Crippen LogP contribution is -2.16. The molecular weight excluding hydrogens is 483 g/mol. The van der Waals surface area contributed by atoms with Crippen LogP contribution in [0.5, 0.6) is 17.2 Å². The van der Waals surface area contributed by atoms with Crippen molar-refractivity contribution in [2.75, 3.05) is 19.4 Å². The summed E-state index contributed by atoms with van der Waals surface area (Å²) in [6.45, 7) is 0.0101. The summed E-state index contributed by atoms with van der Waals surface area (Å²) in [7, 11) is 2.71. The highest BCUT2D eigenvalue weighted by atomic mass is 19.4. The zero-order valence-electron chi connectivity index (χ0n) is 19.0. The molecular formula is C25H19F3NO7-. The van der Waals surface area contributed by atoms with Gasteiger partial charge in [0.1, 0.15) is 17.9 Å². The number of benzene rings is 3. The van der Waals surface area contributed by atoms with E-state index < -0.39 is 22.9 Å². The molecule has 36 heavy (non-hydrogen) atoms. The zero-order chi connectivity index (χ0) is 26.0. The monoisotopic (exact) mass is 502 g/mol. The Kier molecular flexibility index (Phi) is 6.77. The largest absolute Gasteiger partial charge is 0.733 e. The minimum absolute atomic E-state index is 0.0101. The zero-order valence-corrected chi connectivity index (χ0v) is 19.0. The van der Waals surface area contributed by atoms with Crippen molar-refractivity contribution < 1.29 is 37.0 Å². The molecule has 0 bridgehead atoms. The third-order valence-electron chi connectivity index (χ3n) is 5.36. The Morgan fingerprint density at radius 2 is 1.67 bits per heavy atom. The van der Waals surface area contributed by atoms with Crippen LogP contribution in [0.15, 0.2) is 69.9 Å². The van der Waals surface area contributed by atoms with Crippen molar-refractivity contribution >= 4 is 16.7 Å². The number of hydrogen-bond donors (Lipinski definition) is 1. The number of anilines is 1. The fraction of sp³-hybridized carbons (Fsp3) is 0.160. The summed E-state index contributed by atoms with van der Waals surface area (Å²) in [5, 5.41) is 19.4. The van der Waals surface area contributed by atoms with E-state index >= 15 is 0 Å². The first-order chi connectivity index (χ1) is 17.1. The third kappa shape index (κ3) is 4.92. The van der Waals surface area contributed by atoms with Gasteiger partial charge in [-0.05, 0) is 47.5 Å². The maximum atomic E-state index is 14.0. The number of rotatable bonds is 7. The smallest absolute Gasteiger partial charge is 0.450 e. The molecule has 0 aliphatic rings. The molecule has 188 valence electrons. The minimum atomic E-state index is -4.96. The average Bonchev–Trinajstić information content (AvgIpc) is 2.86. The number of alkyl halides is 3. The number of fused-ring (bicyclic) bond motifs is 1. The predicted octanol–water partition coefficient (Wildman–Crippen LogP) is 5.77. The highest BCUT2D eigenvalue weighted by Crippen LogP contribution is 2.40. The summed E-state index contributed by atoms with van der Waals surface area (Å²) in [5.74, 6) is -0.847. The first-order valence-corrected chi connectivity index (χ1v) is 10.4. The highest BCUT2D eigenvalue weighted by molar-refractivity contribution is 5.84. The number of halogens is 3. The summed E-state index contributed by atoms with van der Waals surface area (Å²) < 4.78 is 63.0. The normalized spacial score (nSPS) is 11.4. The molecule has 1 aromatic heterocycles. The van der Waals surface area contributed by atoms with Gasteiger partial charge in [-0.1, -0.05) is 18.2 Å². The topological polar surface area (TPSA) is 104 Å². The van der Waals surface area contributed by atoms with Gasteiger partial charge in [0.25, 0.3) is 0 Å². The average molecular weight is 502 g/mol. The van der Waals surface area contributed by atoms with Gasteiger partial charge in [-0.2, -0.15) is 13.2 Å². The standard InChI is InChI=1S/C25H19F3NO7/c1-33-19-10-5-15(11-21(19)34-2)22-23(30)18-9-8-17(12-20(18)36-24(22)25(26,27)28)35-13-14-3-6-16(7-4-14)29(31)32/h3-12,31H,13H2,1-2H3/q-1. The van der Waals surface area contributed by atoms with E-state index in [-0.39, 0.29) is 51.3 Å². The molecule has 1 N–H and O–H groups in total. The number of methoxy groups -OCH3 is 2. The van der Waals surface area contributed by atoms with Crippen molar-refractivity contribution in [2.24, 2.45) is 0 Å². The Bertz CT molecular complexity index is 1450. The molecule has 0 saturated heterocycles. The van der Waals surface area contributed by atoms with E-state index in [1.807, 2.05) is 0 Å². The summed E-state index contributed by atoms with van der Waals surface area (Å²) in [6.07, 6.45) is -4.96. The van der Waals surface area contributed by atoms with Crippen molar-refractivity contribution in [3.05, 3.63) is 87.4 Å². The Morgan fingerprint density at radius 3 is 2.28 bits per heavy atom. The Morgan fingerprint density at radius 1 is 0.972 bits per heavy atom. The Labute approximate surface area is 202 Å². The van der Waals surface area contributed by atoms with Gasteiger partial charge in [-0.15, -0.1) is 0 Å². The quantitative estimate of drug-likeness (QED) is 0.318. The molecule has 0 amide bonds. The van der Waals surface area contributed by atoms with Crippen LogP contribution < -0.4 is 24.9 Å². The van der Waals surface area contributed by atoms with Gasteiger partial charge in [0.05, 0.1) is 30.9 Å². The molecule has 0 saturated carbocycles. The number of ether oxygens (including phenoxy) is 3. The van der Waals surface area contributed by atoms with Gasteiger partial charge < -0.3 is 29.1 Å². The SMILES string of the molecule is COc1ccc(-c2c(C(F)(F)F)oc3cc(OCc4ccc(N([O-])O)cc4)ccc3c2=O)cc1OC. The van der Waals surface area contributed by atoms with E-state index in [1.54, 1.807) is 0 Å². The maximum absolute atomic E-state index is 14.0. The lowest BCUT2D eigenvalue weighted by atomic mass is 10.0. The van der Waals surface area contributed by atoms with Crippen LogP contribution >= 0.6 is 0 Å². The van der Waals surface area contributed by atoms with Crippen LogP contribution in [-0.2, 0) is 12.8 Å². The van der Waals surface area contributed by atoms with Crippen LogP contribution in [0.3, 0.4) is 0 Å². The van der Waals surface area contributed by atoms with E-state index in [0.717, 1.165) is 0 Å². The molecule has 0 aliphatic carbocycles. The van der Waals surface area contributed by atoms with Crippen LogP contribution in [0.25, 0.3) is 22.1 Å².